The van der Waals surface area contributed by atoms with Gasteiger partial charge in [0.15, 0.2) is 11.6 Å². The monoisotopic (exact) mass is 852 g/mol. The van der Waals surface area contributed by atoms with Crippen LogP contribution in [0.5, 0.6) is 0 Å². The van der Waals surface area contributed by atoms with E-state index in [9.17, 15) is 33.8 Å². The standard InChI is InChI=1S/C50H94NO7P/c1-3-5-7-9-11-13-15-17-19-21-23-27-31-35-39-43-47(53)49(55)50(59(56,57)58,51-45-41-37-33-29-25-26-30-34-38-42-46-52)48(54)44-40-36-32-28-24-22-20-18-16-14-12-10-8-6-4-2/h17-20,46,49,51,55H,3-16,21-45H2,1-2H3,(H2,56,57,58)/b19-17-,20-18-. The lowest BCUT2D eigenvalue weighted by atomic mass is 9.94. The Morgan fingerprint density at radius 3 is 1.19 bits per heavy atom. The van der Waals surface area contributed by atoms with Crippen LogP contribution in [0.15, 0.2) is 24.3 Å². The summed E-state index contributed by atoms with van der Waals surface area (Å²) >= 11 is 0. The van der Waals surface area contributed by atoms with Gasteiger partial charge in [0.2, 0.25) is 5.28 Å². The maximum Gasteiger partial charge on any atom is 0.356 e. The minimum atomic E-state index is -5.29. The lowest BCUT2D eigenvalue weighted by Gasteiger charge is -2.37. The highest BCUT2D eigenvalue weighted by Gasteiger charge is 2.59. The van der Waals surface area contributed by atoms with E-state index < -0.39 is 30.5 Å². The molecule has 0 saturated carbocycles. The van der Waals surface area contributed by atoms with E-state index in [2.05, 4.69) is 43.5 Å². The minimum absolute atomic E-state index is 0.0153. The van der Waals surface area contributed by atoms with Crippen LogP contribution in [0.25, 0.3) is 0 Å². The molecule has 0 aliphatic rings. The quantitative estimate of drug-likeness (QED) is 0.0205. The molecule has 59 heavy (non-hydrogen) atoms. The second-order valence-electron chi connectivity index (χ2n) is 17.3. The number of ketones is 2. The molecule has 0 fully saturated rings. The Morgan fingerprint density at radius 1 is 0.492 bits per heavy atom. The molecule has 9 heteroatoms. The van der Waals surface area contributed by atoms with Crippen molar-refractivity contribution in [3.63, 3.8) is 0 Å². The maximum atomic E-state index is 13.8. The molecule has 0 aromatic rings. The third-order valence-electron chi connectivity index (χ3n) is 11.8. The normalized spacial score (nSPS) is 13.7. The van der Waals surface area contributed by atoms with Crippen LogP contribution in [0.2, 0.25) is 0 Å². The Labute approximate surface area is 363 Å². The topological polar surface area (TPSA) is 141 Å². The van der Waals surface area contributed by atoms with Crippen molar-refractivity contribution >= 4 is 25.4 Å². The summed E-state index contributed by atoms with van der Waals surface area (Å²) in [6.45, 7) is 4.61. The number of aliphatic hydroxyl groups is 1. The van der Waals surface area contributed by atoms with Crippen LogP contribution < -0.4 is 5.32 Å². The second-order valence-corrected chi connectivity index (χ2v) is 19.1. The molecule has 2 atom stereocenters. The predicted octanol–water partition coefficient (Wildman–Crippen LogP) is 14.1. The molecular formula is C50H94NO7P. The number of hydrogen-bond donors (Lipinski definition) is 4. The van der Waals surface area contributed by atoms with E-state index >= 15 is 0 Å². The zero-order valence-corrected chi connectivity index (χ0v) is 39.4. The highest BCUT2D eigenvalue weighted by molar-refractivity contribution is 7.55. The van der Waals surface area contributed by atoms with E-state index in [-0.39, 0.29) is 19.4 Å². The molecule has 0 heterocycles. The van der Waals surface area contributed by atoms with Gasteiger partial charge in [0, 0.05) is 19.3 Å². The molecule has 0 aliphatic carbocycles. The van der Waals surface area contributed by atoms with Crippen molar-refractivity contribution in [1.29, 1.82) is 0 Å². The van der Waals surface area contributed by atoms with Gasteiger partial charge in [0.05, 0.1) is 0 Å². The number of hydrogen-bond acceptors (Lipinski definition) is 6. The molecule has 0 aliphatic heterocycles. The van der Waals surface area contributed by atoms with Gasteiger partial charge in [-0.3, -0.25) is 19.5 Å². The summed E-state index contributed by atoms with van der Waals surface area (Å²) in [5.41, 5.74) is 0. The highest BCUT2D eigenvalue weighted by Crippen LogP contribution is 2.52. The lowest BCUT2D eigenvalue weighted by Crippen LogP contribution is -2.62. The molecule has 0 saturated heterocycles. The van der Waals surface area contributed by atoms with Gasteiger partial charge < -0.3 is 19.7 Å². The van der Waals surface area contributed by atoms with E-state index in [0.29, 0.717) is 25.7 Å². The largest absolute Gasteiger partial charge is 0.382 e. The average Bonchev–Trinajstić information content (AvgIpc) is 3.21. The first-order valence-electron chi connectivity index (χ1n) is 25.0. The van der Waals surface area contributed by atoms with Crippen molar-refractivity contribution in [3.05, 3.63) is 24.3 Å². The van der Waals surface area contributed by atoms with Gasteiger partial charge in [0.1, 0.15) is 12.4 Å². The Bertz CT molecular complexity index is 1090. The first-order chi connectivity index (χ1) is 28.7. The van der Waals surface area contributed by atoms with E-state index in [1.54, 1.807) is 0 Å². The summed E-state index contributed by atoms with van der Waals surface area (Å²) in [6.07, 6.45) is 45.9. The van der Waals surface area contributed by atoms with Crippen molar-refractivity contribution in [2.75, 3.05) is 6.54 Å². The molecule has 0 aromatic heterocycles. The van der Waals surface area contributed by atoms with Crippen LogP contribution in [0.4, 0.5) is 0 Å². The number of carbonyl (C=O) groups excluding carboxylic acids is 3. The number of Topliss-reactive ketones (excluding diaryl/α,β-unsaturated/α-hetero) is 2. The molecule has 8 nitrogen and oxygen atoms in total. The van der Waals surface area contributed by atoms with E-state index in [4.69, 9.17) is 0 Å². The van der Waals surface area contributed by atoms with Crippen LogP contribution in [0.1, 0.15) is 258 Å². The Morgan fingerprint density at radius 2 is 0.814 bits per heavy atom. The van der Waals surface area contributed by atoms with Gasteiger partial charge in [-0.1, -0.05) is 186 Å². The molecule has 346 valence electrons. The fourth-order valence-electron chi connectivity index (χ4n) is 7.93. The number of rotatable bonds is 47. The molecule has 2 unspecified atom stereocenters. The summed E-state index contributed by atoms with van der Waals surface area (Å²) in [6, 6.07) is 0. The summed E-state index contributed by atoms with van der Waals surface area (Å²) in [4.78, 5) is 59.1. The first kappa shape index (κ1) is 57.6. The van der Waals surface area contributed by atoms with Crippen molar-refractivity contribution in [1.82, 2.24) is 5.32 Å². The average molecular weight is 852 g/mol. The first-order valence-corrected chi connectivity index (χ1v) is 26.6. The van der Waals surface area contributed by atoms with Crippen LogP contribution in [-0.2, 0) is 18.9 Å². The van der Waals surface area contributed by atoms with Gasteiger partial charge in [-0.25, -0.2) is 0 Å². The lowest BCUT2D eigenvalue weighted by molar-refractivity contribution is -0.138. The summed E-state index contributed by atoms with van der Waals surface area (Å²) in [7, 11) is -5.29. The predicted molar refractivity (Wildman–Crippen MR) is 250 cm³/mol. The van der Waals surface area contributed by atoms with Crippen molar-refractivity contribution in [3.8, 4) is 0 Å². The molecular weight excluding hydrogens is 758 g/mol. The highest BCUT2D eigenvalue weighted by atomic mass is 31.2. The third kappa shape index (κ3) is 32.0. The summed E-state index contributed by atoms with van der Waals surface area (Å²) in [5, 5.41) is 11.6. The van der Waals surface area contributed by atoms with Gasteiger partial charge in [-0.15, -0.1) is 0 Å². The second kappa shape index (κ2) is 41.9. The van der Waals surface area contributed by atoms with Crippen LogP contribution in [0, 0.1) is 0 Å². The SMILES string of the molecule is CCCCCCCC/C=C\CCCCCCCC(=O)C(O)C(NCCCCCCCCCCCC=O)(C(=O)CCCCCCC/C=C\CCCCCCCC)P(=O)(O)O. The molecule has 4 N–H and O–H groups in total. The fourth-order valence-corrected chi connectivity index (χ4v) is 9.15. The number of nitrogens with one attached hydrogen (secondary N) is 1. The minimum Gasteiger partial charge on any atom is -0.382 e. The molecule has 0 bridgehead atoms. The number of aldehydes is 1. The van der Waals surface area contributed by atoms with E-state index in [0.717, 1.165) is 135 Å². The van der Waals surface area contributed by atoms with E-state index in [1.165, 1.54) is 77.0 Å². The molecule has 0 rings (SSSR count). The number of allylic oxidation sites excluding steroid dienone is 4. The van der Waals surface area contributed by atoms with Crippen LogP contribution in [0.3, 0.4) is 0 Å². The van der Waals surface area contributed by atoms with Crippen LogP contribution >= 0.6 is 7.60 Å². The smallest absolute Gasteiger partial charge is 0.356 e. The van der Waals surface area contributed by atoms with Crippen LogP contribution in [-0.4, -0.2) is 50.7 Å². The van der Waals surface area contributed by atoms with E-state index in [1.807, 2.05) is 0 Å². The maximum absolute atomic E-state index is 13.8. The van der Waals surface area contributed by atoms with Gasteiger partial charge in [-0.2, -0.15) is 0 Å². The van der Waals surface area contributed by atoms with Gasteiger partial charge in [0.25, 0.3) is 0 Å². The van der Waals surface area contributed by atoms with Gasteiger partial charge in [-0.05, 0) is 83.6 Å². The molecule has 0 spiro atoms. The van der Waals surface area contributed by atoms with Crippen molar-refractivity contribution < 1.29 is 33.8 Å². The Balaban J connectivity index is 4.95. The third-order valence-corrected chi connectivity index (χ3v) is 13.4. The van der Waals surface area contributed by atoms with Crippen molar-refractivity contribution in [2.24, 2.45) is 0 Å². The number of aliphatic hydroxyl groups excluding tert-OH is 1. The zero-order chi connectivity index (χ0) is 43.6. The Kier molecular flexibility index (Phi) is 40.9. The summed E-state index contributed by atoms with van der Waals surface area (Å²) < 4.78 is 13.2. The zero-order valence-electron chi connectivity index (χ0n) is 38.5. The fraction of sp³-hybridized carbons (Fsp3) is 0.860. The summed E-state index contributed by atoms with van der Waals surface area (Å²) in [5.74, 6) is -1.44. The number of carbonyl (C=O) groups is 3. The Hall–Kier alpha value is -1.44. The van der Waals surface area contributed by atoms with Gasteiger partial charge >= 0.3 is 7.60 Å². The number of unbranched alkanes of at least 4 members (excludes halogenated alkanes) is 31. The molecule has 0 radical (unpaired) electrons. The molecule has 0 amide bonds. The molecule has 0 aromatic carbocycles. The van der Waals surface area contributed by atoms with Crippen molar-refractivity contribution in [2.45, 2.75) is 269 Å².